The number of fused-ring (bicyclic) bond motifs is 2. The van der Waals surface area contributed by atoms with Crippen LogP contribution < -0.4 is 15.2 Å². The van der Waals surface area contributed by atoms with Gasteiger partial charge in [-0.1, -0.05) is 0 Å². The molecule has 2 fully saturated rings. The van der Waals surface area contributed by atoms with Gasteiger partial charge in [0, 0.05) is 28.7 Å². The van der Waals surface area contributed by atoms with Gasteiger partial charge in [-0.3, -0.25) is 4.79 Å². The average Bonchev–Trinajstić information content (AvgIpc) is 3.37. The molecule has 2 aliphatic rings. The molecule has 2 bridgehead atoms. The SMILES string of the molecule is COc1ccc(-c2csc(NC(=O)[C@H]3[C@H]4CC[C@H](C4)[C@H]3C(=O)[O-])n2)cc1. The van der Waals surface area contributed by atoms with Gasteiger partial charge in [0.25, 0.3) is 0 Å². The Morgan fingerprint density at radius 1 is 1.19 bits per heavy atom. The van der Waals surface area contributed by atoms with Gasteiger partial charge in [-0.2, -0.15) is 0 Å². The third-order valence-corrected chi connectivity index (χ3v) is 6.37. The van der Waals surface area contributed by atoms with Gasteiger partial charge in [-0.25, -0.2) is 4.98 Å². The fraction of sp³-hybridized carbons (Fsp3) is 0.421. The number of carbonyl (C=O) groups is 2. The topological polar surface area (TPSA) is 91.3 Å². The molecular formula is C19H19N2O4S-. The van der Waals surface area contributed by atoms with Crippen LogP contribution in [0.1, 0.15) is 19.3 Å². The minimum atomic E-state index is -1.10. The summed E-state index contributed by atoms with van der Waals surface area (Å²) in [6.45, 7) is 0. The maximum Gasteiger partial charge on any atom is 0.230 e. The number of aromatic nitrogens is 1. The normalized spacial score (nSPS) is 26.7. The number of carboxylic acid groups (broad SMARTS) is 1. The molecule has 0 unspecified atom stereocenters. The molecule has 136 valence electrons. The van der Waals surface area contributed by atoms with Crippen LogP contribution in [0.15, 0.2) is 29.6 Å². The number of carbonyl (C=O) groups excluding carboxylic acids is 2. The van der Waals surface area contributed by atoms with Gasteiger partial charge in [0.05, 0.1) is 12.8 Å². The van der Waals surface area contributed by atoms with Crippen LogP contribution in [0.25, 0.3) is 11.3 Å². The first kappa shape index (κ1) is 17.0. The predicted molar refractivity (Wildman–Crippen MR) is 95.5 cm³/mol. The van der Waals surface area contributed by atoms with E-state index in [1.807, 2.05) is 29.6 Å². The van der Waals surface area contributed by atoms with Gasteiger partial charge in [-0.05, 0) is 55.4 Å². The number of benzene rings is 1. The number of nitrogens with one attached hydrogen (secondary N) is 1. The molecule has 7 heteroatoms. The van der Waals surface area contributed by atoms with Crippen molar-refractivity contribution in [3.63, 3.8) is 0 Å². The molecule has 0 saturated heterocycles. The highest BCUT2D eigenvalue weighted by Crippen LogP contribution is 2.52. The zero-order valence-corrected chi connectivity index (χ0v) is 15.1. The number of aliphatic carboxylic acids is 1. The van der Waals surface area contributed by atoms with E-state index >= 15 is 0 Å². The molecule has 1 aromatic carbocycles. The van der Waals surface area contributed by atoms with E-state index in [1.54, 1.807) is 7.11 Å². The Kier molecular flexibility index (Phi) is 4.40. The van der Waals surface area contributed by atoms with Crippen LogP contribution in [0, 0.1) is 23.7 Å². The smallest absolute Gasteiger partial charge is 0.230 e. The molecule has 2 saturated carbocycles. The number of ether oxygens (including phenoxy) is 1. The minimum Gasteiger partial charge on any atom is -0.550 e. The van der Waals surface area contributed by atoms with Crippen molar-refractivity contribution in [3.05, 3.63) is 29.6 Å². The van der Waals surface area contributed by atoms with Gasteiger partial charge in [0.15, 0.2) is 5.13 Å². The molecule has 0 radical (unpaired) electrons. The Labute approximate surface area is 155 Å². The summed E-state index contributed by atoms with van der Waals surface area (Å²) in [7, 11) is 1.61. The van der Waals surface area contributed by atoms with Gasteiger partial charge in [0.2, 0.25) is 5.91 Å². The van der Waals surface area contributed by atoms with Crippen molar-refractivity contribution in [1.82, 2.24) is 4.98 Å². The molecule has 1 amide bonds. The monoisotopic (exact) mass is 371 g/mol. The van der Waals surface area contributed by atoms with E-state index in [-0.39, 0.29) is 17.7 Å². The second kappa shape index (κ2) is 6.72. The third kappa shape index (κ3) is 2.96. The van der Waals surface area contributed by atoms with Gasteiger partial charge < -0.3 is 20.0 Å². The molecule has 1 heterocycles. The minimum absolute atomic E-state index is 0.0758. The lowest BCUT2D eigenvalue weighted by Gasteiger charge is -2.30. The van der Waals surface area contributed by atoms with E-state index < -0.39 is 17.8 Å². The lowest BCUT2D eigenvalue weighted by atomic mass is 9.79. The van der Waals surface area contributed by atoms with E-state index in [9.17, 15) is 14.7 Å². The van der Waals surface area contributed by atoms with Crippen molar-refractivity contribution >= 4 is 28.3 Å². The number of anilines is 1. The van der Waals surface area contributed by atoms with Crippen LogP contribution in [-0.4, -0.2) is 24.0 Å². The van der Waals surface area contributed by atoms with E-state index in [4.69, 9.17) is 4.74 Å². The number of amides is 1. The Morgan fingerprint density at radius 2 is 1.88 bits per heavy atom. The zero-order chi connectivity index (χ0) is 18.3. The number of thiazole rings is 1. The highest BCUT2D eigenvalue weighted by molar-refractivity contribution is 7.14. The largest absolute Gasteiger partial charge is 0.550 e. The van der Waals surface area contributed by atoms with Gasteiger partial charge >= 0.3 is 0 Å². The summed E-state index contributed by atoms with van der Waals surface area (Å²) >= 11 is 1.33. The summed E-state index contributed by atoms with van der Waals surface area (Å²) in [6.07, 6.45) is 2.61. The van der Waals surface area contributed by atoms with E-state index in [0.717, 1.165) is 36.3 Å². The van der Waals surface area contributed by atoms with Crippen molar-refractivity contribution in [1.29, 1.82) is 0 Å². The van der Waals surface area contributed by atoms with E-state index in [2.05, 4.69) is 10.3 Å². The fourth-order valence-electron chi connectivity index (χ4n) is 4.42. The van der Waals surface area contributed by atoms with E-state index in [1.165, 1.54) is 11.3 Å². The highest BCUT2D eigenvalue weighted by Gasteiger charge is 2.51. The molecule has 4 rings (SSSR count). The quantitative estimate of drug-likeness (QED) is 0.870. The Bertz CT molecular complexity index is 832. The first-order chi connectivity index (χ1) is 12.6. The number of hydrogen-bond acceptors (Lipinski definition) is 6. The second-order valence-corrected chi connectivity index (χ2v) is 7.82. The van der Waals surface area contributed by atoms with Crippen molar-refractivity contribution in [2.45, 2.75) is 19.3 Å². The number of rotatable bonds is 5. The number of nitrogens with zero attached hydrogens (tertiary/aromatic N) is 1. The molecule has 6 nitrogen and oxygen atoms in total. The van der Waals surface area contributed by atoms with Crippen molar-refractivity contribution in [3.8, 4) is 17.0 Å². The van der Waals surface area contributed by atoms with Crippen molar-refractivity contribution < 1.29 is 19.4 Å². The van der Waals surface area contributed by atoms with Crippen LogP contribution >= 0.6 is 11.3 Å². The fourth-order valence-corrected chi connectivity index (χ4v) is 5.14. The summed E-state index contributed by atoms with van der Waals surface area (Å²) in [6, 6.07) is 7.52. The molecule has 26 heavy (non-hydrogen) atoms. The highest BCUT2D eigenvalue weighted by atomic mass is 32.1. The molecule has 1 N–H and O–H groups in total. The van der Waals surface area contributed by atoms with Crippen molar-refractivity contribution in [2.75, 3.05) is 12.4 Å². The molecular weight excluding hydrogens is 352 g/mol. The van der Waals surface area contributed by atoms with Gasteiger partial charge in [0.1, 0.15) is 5.75 Å². The lowest BCUT2D eigenvalue weighted by Crippen LogP contribution is -2.43. The summed E-state index contributed by atoms with van der Waals surface area (Å²) in [5.41, 5.74) is 1.69. The van der Waals surface area contributed by atoms with Crippen molar-refractivity contribution in [2.24, 2.45) is 23.7 Å². The van der Waals surface area contributed by atoms with Crippen LogP contribution in [0.3, 0.4) is 0 Å². The summed E-state index contributed by atoms with van der Waals surface area (Å²) in [5, 5.41) is 16.7. The Hall–Kier alpha value is -2.41. The second-order valence-electron chi connectivity index (χ2n) is 6.96. The Balaban J connectivity index is 1.48. The maximum absolute atomic E-state index is 12.7. The lowest BCUT2D eigenvalue weighted by molar-refractivity contribution is -0.314. The first-order valence-corrected chi connectivity index (χ1v) is 9.56. The number of methoxy groups -OCH3 is 1. The van der Waals surface area contributed by atoms with Crippen LogP contribution in [0.5, 0.6) is 5.75 Å². The Morgan fingerprint density at radius 3 is 2.54 bits per heavy atom. The zero-order valence-electron chi connectivity index (χ0n) is 14.3. The average molecular weight is 371 g/mol. The summed E-state index contributed by atoms with van der Waals surface area (Å²) in [5.74, 6) is -1.54. The molecule has 4 atom stereocenters. The summed E-state index contributed by atoms with van der Waals surface area (Å²) in [4.78, 5) is 28.6. The number of carboxylic acids is 1. The molecule has 0 aliphatic heterocycles. The third-order valence-electron chi connectivity index (χ3n) is 5.61. The standard InChI is InChI=1S/C19H20N2O4S/c1-25-13-6-4-10(5-7-13)14-9-26-19(20-14)21-17(22)15-11-2-3-12(8-11)16(15)18(23)24/h4-7,9,11-12,15-16H,2-3,8H2,1H3,(H,23,24)(H,20,21,22)/p-1/t11-,12+,15-,16+/m0/s1. The van der Waals surface area contributed by atoms with Crippen LogP contribution in [0.2, 0.25) is 0 Å². The predicted octanol–water partition coefficient (Wildman–Crippen LogP) is 2.17. The first-order valence-electron chi connectivity index (χ1n) is 8.68. The summed E-state index contributed by atoms with van der Waals surface area (Å²) < 4.78 is 5.15. The molecule has 0 spiro atoms. The van der Waals surface area contributed by atoms with Crippen LogP contribution in [-0.2, 0) is 9.59 Å². The van der Waals surface area contributed by atoms with E-state index in [0.29, 0.717) is 5.13 Å². The maximum atomic E-state index is 12.7. The number of hydrogen-bond donors (Lipinski definition) is 1. The van der Waals surface area contributed by atoms with Gasteiger partial charge in [-0.15, -0.1) is 11.3 Å². The molecule has 2 aromatic rings. The molecule has 2 aliphatic carbocycles. The van der Waals surface area contributed by atoms with Crippen LogP contribution in [0.4, 0.5) is 5.13 Å². The molecule has 1 aromatic heterocycles.